The van der Waals surface area contributed by atoms with Crippen molar-refractivity contribution < 1.29 is 19.4 Å². The van der Waals surface area contributed by atoms with Crippen LogP contribution in [-0.2, 0) is 9.59 Å². The number of aliphatic carboxylic acids is 1. The highest BCUT2D eigenvalue weighted by atomic mass is 16.5. The first-order valence-corrected chi connectivity index (χ1v) is 7.57. The van der Waals surface area contributed by atoms with Gasteiger partial charge in [0.25, 0.3) is 0 Å². The van der Waals surface area contributed by atoms with E-state index in [9.17, 15) is 9.59 Å². The van der Waals surface area contributed by atoms with Gasteiger partial charge in [-0.25, -0.2) is 4.79 Å². The second kappa shape index (κ2) is 8.41. The van der Waals surface area contributed by atoms with Crippen molar-refractivity contribution in [1.29, 1.82) is 0 Å². The summed E-state index contributed by atoms with van der Waals surface area (Å²) >= 11 is 0. The maximum Gasteiger partial charge on any atom is 0.326 e. The lowest BCUT2D eigenvalue weighted by molar-refractivity contribution is -0.143. The molecule has 0 bridgehead atoms. The molecule has 5 heteroatoms. The van der Waals surface area contributed by atoms with E-state index in [-0.39, 0.29) is 24.9 Å². The fourth-order valence-corrected chi connectivity index (χ4v) is 2.05. The molecule has 1 aromatic rings. The second-order valence-electron chi connectivity index (χ2n) is 5.64. The monoisotopic (exact) mass is 307 g/mol. The molecular weight excluding hydrogens is 282 g/mol. The van der Waals surface area contributed by atoms with Gasteiger partial charge in [0.1, 0.15) is 11.8 Å². The number of carboxylic acids is 1. The standard InChI is InChI=1S/C17H25NO4/c1-5-12(3)16(17(20)21)18-15(19)8-9-22-14-10-11(2)6-7-13(14)4/h6-7,10,12,16H,5,8-9H2,1-4H3,(H,18,19)(H,20,21). The molecule has 0 spiro atoms. The highest BCUT2D eigenvalue weighted by molar-refractivity contribution is 5.83. The lowest BCUT2D eigenvalue weighted by atomic mass is 9.99. The number of hydrogen-bond acceptors (Lipinski definition) is 3. The highest BCUT2D eigenvalue weighted by Crippen LogP contribution is 2.19. The van der Waals surface area contributed by atoms with Crippen molar-refractivity contribution in [3.8, 4) is 5.75 Å². The number of rotatable bonds is 8. The van der Waals surface area contributed by atoms with E-state index < -0.39 is 12.0 Å². The van der Waals surface area contributed by atoms with Crippen molar-refractivity contribution in [3.05, 3.63) is 29.3 Å². The third-order valence-electron chi connectivity index (χ3n) is 3.73. The number of aryl methyl sites for hydroxylation is 2. The molecule has 0 aromatic heterocycles. The van der Waals surface area contributed by atoms with Gasteiger partial charge >= 0.3 is 5.97 Å². The van der Waals surface area contributed by atoms with Crippen LogP contribution < -0.4 is 10.1 Å². The number of nitrogens with one attached hydrogen (secondary N) is 1. The van der Waals surface area contributed by atoms with E-state index in [2.05, 4.69) is 5.32 Å². The summed E-state index contributed by atoms with van der Waals surface area (Å²) in [6, 6.07) is 5.04. The Morgan fingerprint density at radius 2 is 2.00 bits per heavy atom. The fourth-order valence-electron chi connectivity index (χ4n) is 2.05. The molecule has 0 fully saturated rings. The van der Waals surface area contributed by atoms with E-state index in [4.69, 9.17) is 9.84 Å². The predicted octanol–water partition coefficient (Wildman–Crippen LogP) is 2.69. The van der Waals surface area contributed by atoms with Gasteiger partial charge in [-0.05, 0) is 37.0 Å². The Morgan fingerprint density at radius 3 is 2.59 bits per heavy atom. The minimum atomic E-state index is -1.00. The summed E-state index contributed by atoms with van der Waals surface area (Å²) in [5.41, 5.74) is 2.10. The molecule has 1 amide bonds. The average Bonchev–Trinajstić information content (AvgIpc) is 2.47. The quantitative estimate of drug-likeness (QED) is 0.774. The summed E-state index contributed by atoms with van der Waals surface area (Å²) in [7, 11) is 0. The van der Waals surface area contributed by atoms with Gasteiger partial charge in [0.05, 0.1) is 13.0 Å². The molecule has 0 aliphatic heterocycles. The van der Waals surface area contributed by atoms with Crippen LogP contribution in [0.15, 0.2) is 18.2 Å². The lowest BCUT2D eigenvalue weighted by Crippen LogP contribution is -2.45. The Kier molecular flexibility index (Phi) is 6.89. The van der Waals surface area contributed by atoms with Gasteiger partial charge in [-0.3, -0.25) is 4.79 Å². The number of carbonyl (C=O) groups excluding carboxylic acids is 1. The molecule has 0 saturated heterocycles. The van der Waals surface area contributed by atoms with Crippen LogP contribution in [0, 0.1) is 19.8 Å². The van der Waals surface area contributed by atoms with E-state index in [1.807, 2.05) is 45.9 Å². The second-order valence-corrected chi connectivity index (χ2v) is 5.64. The zero-order valence-electron chi connectivity index (χ0n) is 13.7. The molecule has 0 heterocycles. The number of benzene rings is 1. The molecule has 0 saturated carbocycles. The molecule has 0 aliphatic rings. The van der Waals surface area contributed by atoms with E-state index in [0.29, 0.717) is 6.42 Å². The van der Waals surface area contributed by atoms with Gasteiger partial charge in [-0.1, -0.05) is 32.4 Å². The minimum Gasteiger partial charge on any atom is -0.493 e. The fraction of sp³-hybridized carbons (Fsp3) is 0.529. The number of carbonyl (C=O) groups is 2. The largest absolute Gasteiger partial charge is 0.493 e. The zero-order valence-corrected chi connectivity index (χ0v) is 13.7. The smallest absolute Gasteiger partial charge is 0.326 e. The molecule has 1 rings (SSSR count). The van der Waals surface area contributed by atoms with Crippen LogP contribution in [0.2, 0.25) is 0 Å². The van der Waals surface area contributed by atoms with Crippen LogP contribution in [0.4, 0.5) is 0 Å². The average molecular weight is 307 g/mol. The van der Waals surface area contributed by atoms with Gasteiger partial charge < -0.3 is 15.2 Å². The Labute approximate surface area is 131 Å². The molecular formula is C17H25NO4. The number of ether oxygens (including phenoxy) is 1. The normalized spacial score (nSPS) is 13.3. The molecule has 2 N–H and O–H groups in total. The lowest BCUT2D eigenvalue weighted by Gasteiger charge is -2.20. The topological polar surface area (TPSA) is 75.6 Å². The van der Waals surface area contributed by atoms with Crippen LogP contribution in [0.25, 0.3) is 0 Å². The van der Waals surface area contributed by atoms with Crippen LogP contribution in [0.5, 0.6) is 5.75 Å². The van der Waals surface area contributed by atoms with E-state index in [1.54, 1.807) is 0 Å². The Bertz CT molecular complexity index is 527. The summed E-state index contributed by atoms with van der Waals surface area (Å²) in [6.45, 7) is 7.85. The number of carboxylic acid groups (broad SMARTS) is 1. The summed E-state index contributed by atoms with van der Waals surface area (Å²) in [5.74, 6) is -0.665. The Balaban J connectivity index is 2.49. The van der Waals surface area contributed by atoms with Crippen LogP contribution in [0.3, 0.4) is 0 Å². The SMILES string of the molecule is CCC(C)C(NC(=O)CCOc1cc(C)ccc1C)C(=O)O. The summed E-state index contributed by atoms with van der Waals surface area (Å²) < 4.78 is 5.61. The van der Waals surface area contributed by atoms with E-state index in [0.717, 1.165) is 16.9 Å². The van der Waals surface area contributed by atoms with Gasteiger partial charge in [0.2, 0.25) is 5.91 Å². The van der Waals surface area contributed by atoms with Crippen LogP contribution >= 0.6 is 0 Å². The molecule has 1 aromatic carbocycles. The van der Waals surface area contributed by atoms with Crippen molar-refractivity contribution in [1.82, 2.24) is 5.32 Å². The molecule has 5 nitrogen and oxygen atoms in total. The summed E-state index contributed by atoms with van der Waals surface area (Å²) in [6.07, 6.45) is 0.823. The van der Waals surface area contributed by atoms with Gasteiger partial charge in [-0.2, -0.15) is 0 Å². The maximum atomic E-state index is 11.9. The molecule has 2 unspecified atom stereocenters. The van der Waals surface area contributed by atoms with E-state index in [1.165, 1.54) is 0 Å². The van der Waals surface area contributed by atoms with Gasteiger partial charge in [0.15, 0.2) is 0 Å². The minimum absolute atomic E-state index is 0.110. The first-order chi connectivity index (χ1) is 10.3. The highest BCUT2D eigenvalue weighted by Gasteiger charge is 2.25. The molecule has 0 radical (unpaired) electrons. The third-order valence-corrected chi connectivity index (χ3v) is 3.73. The Hall–Kier alpha value is -2.04. The van der Waals surface area contributed by atoms with Gasteiger partial charge in [0, 0.05) is 0 Å². The van der Waals surface area contributed by atoms with Crippen molar-refractivity contribution in [2.24, 2.45) is 5.92 Å². The third kappa shape index (κ3) is 5.39. The van der Waals surface area contributed by atoms with Crippen molar-refractivity contribution in [2.45, 2.75) is 46.6 Å². The van der Waals surface area contributed by atoms with Crippen molar-refractivity contribution >= 4 is 11.9 Å². The van der Waals surface area contributed by atoms with Crippen molar-refractivity contribution in [2.75, 3.05) is 6.61 Å². The number of hydrogen-bond donors (Lipinski definition) is 2. The van der Waals surface area contributed by atoms with Crippen molar-refractivity contribution in [3.63, 3.8) is 0 Å². The number of amides is 1. The van der Waals surface area contributed by atoms with Gasteiger partial charge in [-0.15, -0.1) is 0 Å². The first-order valence-electron chi connectivity index (χ1n) is 7.57. The molecule has 0 aliphatic carbocycles. The molecule has 2 atom stereocenters. The predicted molar refractivity (Wildman–Crippen MR) is 85.0 cm³/mol. The zero-order chi connectivity index (χ0) is 16.7. The van der Waals surface area contributed by atoms with Crippen LogP contribution in [0.1, 0.15) is 37.8 Å². The summed E-state index contributed by atoms with van der Waals surface area (Å²) in [5, 5.41) is 11.7. The maximum absolute atomic E-state index is 11.9. The molecule has 122 valence electrons. The Morgan fingerprint density at radius 1 is 1.32 bits per heavy atom. The van der Waals surface area contributed by atoms with E-state index >= 15 is 0 Å². The molecule has 22 heavy (non-hydrogen) atoms. The van der Waals surface area contributed by atoms with Crippen LogP contribution in [-0.4, -0.2) is 29.6 Å². The summed E-state index contributed by atoms with van der Waals surface area (Å²) in [4.78, 5) is 23.0. The first kappa shape index (κ1) is 18.0.